The summed E-state index contributed by atoms with van der Waals surface area (Å²) >= 11 is 0. The highest BCUT2D eigenvalue weighted by molar-refractivity contribution is 5.95. The van der Waals surface area contributed by atoms with Crippen LogP contribution in [0.1, 0.15) is 400 Å². The van der Waals surface area contributed by atoms with Crippen LogP contribution in [0.3, 0.4) is 0 Å². The maximum atomic E-state index is 12.4. The Labute approximate surface area is 871 Å². The lowest BCUT2D eigenvalue weighted by molar-refractivity contribution is -0.130. The van der Waals surface area contributed by atoms with Crippen molar-refractivity contribution in [3.05, 3.63) is 0 Å². The van der Waals surface area contributed by atoms with Crippen molar-refractivity contribution in [2.75, 3.05) is 45.8 Å². The van der Waals surface area contributed by atoms with Crippen molar-refractivity contribution in [1.82, 2.24) is 37.2 Å². The van der Waals surface area contributed by atoms with Crippen molar-refractivity contribution in [2.45, 2.75) is 462 Å². The van der Waals surface area contributed by atoms with E-state index in [-0.39, 0.29) is 213 Å². The van der Waals surface area contributed by atoms with E-state index >= 15 is 0 Å². The van der Waals surface area contributed by atoms with Crippen molar-refractivity contribution in [2.24, 2.45) is 124 Å². The van der Waals surface area contributed by atoms with E-state index in [1.54, 1.807) is 27.7 Å². The number of ether oxygens (including phenoxy) is 7. The van der Waals surface area contributed by atoms with E-state index in [2.05, 4.69) is 106 Å². The third-order valence-electron chi connectivity index (χ3n) is 24.0. The molecule has 7 heterocycles. The fourth-order valence-electron chi connectivity index (χ4n) is 15.2. The summed E-state index contributed by atoms with van der Waals surface area (Å²) < 4.78 is 167. The van der Waals surface area contributed by atoms with Crippen molar-refractivity contribution in [3.63, 3.8) is 0 Å². The lowest BCUT2D eigenvalue weighted by Crippen LogP contribution is -2.34. The maximum Gasteiger partial charge on any atom is 0.223 e. The van der Waals surface area contributed by atoms with Gasteiger partial charge in [-0.2, -0.15) is 0 Å². The van der Waals surface area contributed by atoms with Crippen LogP contribution in [0.2, 0.25) is 0 Å². The second kappa shape index (κ2) is 69.0. The van der Waals surface area contributed by atoms with Gasteiger partial charge in [0.15, 0.2) is 40.5 Å². The van der Waals surface area contributed by atoms with Crippen LogP contribution in [0.25, 0.3) is 0 Å². The van der Waals surface area contributed by atoms with Gasteiger partial charge in [-0.3, -0.25) is 67.1 Å². The Morgan fingerprint density at radius 2 is 0.357 bits per heavy atom. The van der Waals surface area contributed by atoms with Crippen LogP contribution < -0.4 is 37.2 Å². The Morgan fingerprint density at radius 3 is 0.493 bits per heavy atom. The smallest absolute Gasteiger partial charge is 0.223 e. The van der Waals surface area contributed by atoms with Gasteiger partial charge in [0.1, 0.15) is 42.7 Å². The average Bonchev–Trinajstić information content (AvgIpc) is 1.64. The molecule has 7 fully saturated rings. The molecule has 25 atom stereocenters. The van der Waals surface area contributed by atoms with E-state index in [0.29, 0.717) is 107 Å². The van der Waals surface area contributed by atoms with Gasteiger partial charge in [-0.05, 0) is 221 Å². The summed E-state index contributed by atoms with van der Waals surface area (Å²) in [5.74, 6) is -11.2. The molecule has 7 aliphatic rings. The zero-order valence-corrected chi connectivity index (χ0v) is 91.7. The molecule has 28 nitrogen and oxygen atoms in total. The van der Waals surface area contributed by atoms with Crippen LogP contribution in [-0.4, -0.2) is 213 Å². The van der Waals surface area contributed by atoms with Gasteiger partial charge in [0.05, 0.1) is 42.7 Å². The molecule has 0 aromatic carbocycles. The minimum absolute atomic E-state index is 0.0446. The largest absolute Gasteiger partial charge is 0.362 e. The standard InChI is InChI=1S/7C16H29NO3/c7*1-10(2)6-7-17-16(19)13(8-11(3)4)9-14(18)15-12(5)20-15/h7*10-13,15H,6-9H2,1-5H3,(H,17,19)/t2*12-,13+,15+;;;;;/m11...../s1/i2*13D;2*3D3,11D;13D;2*3D3. The molecule has 0 bridgehead atoms. The SMILES string of the molecule is [2H]C(CC(=O)C1OC1C)(CC(C)C)C(=O)NCCC(C)C.[2H]C([2H])([2H])C(C)CC(CC(=O)C1OC1C)C(=O)NCCC(C)C.[2H]C([2H])([2H])C(C)CC(CC(=O)C1OC1C)C(=O)NCCC(C)C.[2H]C([2H])([2H])C([2H])(C)CC(CC(=O)C1OC1C)C(=O)NCCC(C)C.[2H]C([2H])([2H])C([2H])(C)CC(CC(=O)C1OC1C)C(=O)NCCC(C)C.[2H][C@@](CC(=O)[C@H]1O[C@@H]1C)(CC(C)C)C(=O)NCCC(C)C.[2H][C@@](CC(=O)[C@H]1O[C@@H]1C)(CC(C)C)C(=O)NCCC(C)C. The molecular formula is C112H203N7O21. The van der Waals surface area contributed by atoms with Gasteiger partial charge >= 0.3 is 0 Å². The van der Waals surface area contributed by atoms with Crippen LogP contribution in [0, 0.1) is 124 Å². The van der Waals surface area contributed by atoms with E-state index in [1.807, 2.05) is 104 Å². The Hall–Kier alpha value is -6.30. The van der Waals surface area contributed by atoms with Crippen LogP contribution in [-0.2, 0) is 100 Å². The summed E-state index contributed by atoms with van der Waals surface area (Å²) in [6, 6.07) is 0. The summed E-state index contributed by atoms with van der Waals surface area (Å²) in [5.41, 5.74) is 0. The van der Waals surface area contributed by atoms with Crippen LogP contribution in [0.15, 0.2) is 0 Å². The number of epoxide rings is 7. The number of amides is 7. The Kier molecular flexibility index (Phi) is 51.1. The molecule has 7 saturated heterocycles. The number of carbonyl (C=O) groups is 14. The van der Waals surface area contributed by atoms with E-state index in [9.17, 15) is 67.1 Å². The third-order valence-corrected chi connectivity index (χ3v) is 24.0. The van der Waals surface area contributed by atoms with Crippen molar-refractivity contribution < 1.29 is 124 Å². The van der Waals surface area contributed by atoms with Gasteiger partial charge in [0, 0.05) is 155 Å². The molecule has 0 spiro atoms. The summed E-state index contributed by atoms with van der Waals surface area (Å²) in [4.78, 5) is 171. The molecule has 28 heteroatoms. The average molecular weight is 2000 g/mol. The molecule has 7 amide bonds. The van der Waals surface area contributed by atoms with Gasteiger partial charge in [-0.1, -0.05) is 194 Å². The minimum Gasteiger partial charge on any atom is -0.362 e. The van der Waals surface area contributed by atoms with Gasteiger partial charge < -0.3 is 70.4 Å². The molecule has 812 valence electrons. The fraction of sp³-hybridized carbons (Fsp3) is 0.875. The van der Waals surface area contributed by atoms with Crippen molar-refractivity contribution in [1.29, 1.82) is 0 Å². The van der Waals surface area contributed by atoms with E-state index in [1.165, 1.54) is 13.8 Å². The van der Waals surface area contributed by atoms with Gasteiger partial charge in [0.2, 0.25) is 41.4 Å². The first-order chi connectivity index (χ1) is 71.7. The number of rotatable bonds is 63. The van der Waals surface area contributed by atoms with Crippen LogP contribution in [0.5, 0.6) is 0 Å². The number of nitrogens with one attached hydrogen (secondary N) is 7. The monoisotopic (exact) mass is 2000 g/mol. The first-order valence-corrected chi connectivity index (χ1v) is 52.4. The third kappa shape index (κ3) is 62.5. The Balaban J connectivity index is 0.000000916. The number of Topliss-reactive ketones (excluding diaryl/α,β-unsaturated/α-hetero) is 7. The molecule has 7 rings (SSSR count). The highest BCUT2D eigenvalue weighted by Crippen LogP contribution is 2.34. The summed E-state index contributed by atoms with van der Waals surface area (Å²) in [7, 11) is 0. The fourth-order valence-corrected chi connectivity index (χ4v) is 15.2. The lowest BCUT2D eigenvalue weighted by Gasteiger charge is -2.18. The quantitative estimate of drug-likeness (QED) is 0.0278. The molecule has 0 aromatic heterocycles. The Morgan fingerprint density at radius 1 is 0.207 bits per heavy atom. The van der Waals surface area contributed by atoms with Crippen molar-refractivity contribution >= 4 is 81.8 Å². The molecule has 0 aromatic rings. The number of hydrogen-bond donors (Lipinski definition) is 7. The molecule has 0 saturated carbocycles. The van der Waals surface area contributed by atoms with Crippen LogP contribution in [0.4, 0.5) is 0 Å². The van der Waals surface area contributed by atoms with Gasteiger partial charge in [-0.25, -0.2) is 0 Å². The molecule has 140 heavy (non-hydrogen) atoms. The van der Waals surface area contributed by atoms with Gasteiger partial charge in [0.25, 0.3) is 0 Å². The van der Waals surface area contributed by atoms with Crippen molar-refractivity contribution in [3.8, 4) is 0 Å². The topological polar surface area (TPSA) is 411 Å². The number of ketones is 7. The zero-order valence-electron chi connectivity index (χ0n) is 109. The van der Waals surface area contributed by atoms with Gasteiger partial charge in [-0.15, -0.1) is 0 Å². The molecule has 0 aliphatic carbocycles. The molecule has 7 aliphatic heterocycles. The molecule has 19 unspecified atom stereocenters. The molecular weight excluding hydrogens is 1780 g/mol. The second-order valence-corrected chi connectivity index (χ2v) is 44.3. The maximum absolute atomic E-state index is 12.4. The van der Waals surface area contributed by atoms with E-state index < -0.39 is 135 Å². The predicted octanol–water partition coefficient (Wildman–Crippen LogP) is 17.9. The highest BCUT2D eigenvalue weighted by Gasteiger charge is 2.48. The van der Waals surface area contributed by atoms with E-state index in [4.69, 9.17) is 56.5 Å². The minimum atomic E-state index is -2.52. The second-order valence-electron chi connectivity index (χ2n) is 44.3. The molecule has 0 radical (unpaired) electrons. The normalized spacial score (nSPS) is 27.0. The highest BCUT2D eigenvalue weighted by atomic mass is 16.6. The Bertz CT molecular complexity index is 4110. The number of hydrogen-bond acceptors (Lipinski definition) is 21. The lowest BCUT2D eigenvalue weighted by atomic mass is 9.90. The van der Waals surface area contributed by atoms with Crippen LogP contribution >= 0.6 is 0 Å². The zero-order chi connectivity index (χ0) is 122. The number of carbonyl (C=O) groups excluding carboxylic acids is 14. The molecule has 7 N–H and O–H groups in total. The summed E-state index contributed by atoms with van der Waals surface area (Å²) in [6.45, 7) is 53.6. The first-order valence-electron chi connectivity index (χ1n) is 60.9. The van der Waals surface area contributed by atoms with E-state index in [0.717, 1.165) is 44.9 Å². The first kappa shape index (κ1) is 104. The predicted molar refractivity (Wildman–Crippen MR) is 556 cm³/mol. The summed E-state index contributed by atoms with van der Waals surface area (Å²) in [5, 5.41) is 19.6. The summed E-state index contributed by atoms with van der Waals surface area (Å²) in [6.07, 6.45) is 3.01.